The van der Waals surface area contributed by atoms with E-state index in [4.69, 9.17) is 14.2 Å². The summed E-state index contributed by atoms with van der Waals surface area (Å²) in [5, 5.41) is 0. The van der Waals surface area contributed by atoms with Gasteiger partial charge in [-0.05, 0) is 18.2 Å². The van der Waals surface area contributed by atoms with Crippen molar-refractivity contribution in [1.82, 2.24) is 0 Å². The van der Waals surface area contributed by atoms with E-state index in [9.17, 15) is 9.59 Å². The van der Waals surface area contributed by atoms with Crippen LogP contribution in [-0.4, -0.2) is 19.0 Å². The number of rotatable bonds is 6. The molecule has 1 atom stereocenters. The van der Waals surface area contributed by atoms with E-state index >= 15 is 0 Å². The van der Waals surface area contributed by atoms with Crippen LogP contribution in [0.25, 0.3) is 0 Å². The summed E-state index contributed by atoms with van der Waals surface area (Å²) in [6, 6.07) is 4.95. The third kappa shape index (κ3) is 4.63. The molecule has 1 rings (SSSR count). The number of hydrogen-bond donors (Lipinski definition) is 0. The van der Waals surface area contributed by atoms with Crippen LogP contribution in [-0.2, 0) is 14.3 Å². The van der Waals surface area contributed by atoms with Crippen LogP contribution >= 0.6 is 0 Å². The van der Waals surface area contributed by atoms with E-state index in [1.807, 2.05) is 0 Å². The lowest BCUT2D eigenvalue weighted by Gasteiger charge is -2.16. The van der Waals surface area contributed by atoms with Crippen LogP contribution in [0, 0.1) is 5.92 Å². The van der Waals surface area contributed by atoms with Gasteiger partial charge in [-0.25, -0.2) is 0 Å². The highest BCUT2D eigenvalue weighted by molar-refractivity contribution is 5.75. The molecule has 1 aromatic rings. The van der Waals surface area contributed by atoms with Crippen LogP contribution < -0.4 is 9.47 Å². The Bertz CT molecular complexity index is 533. The summed E-state index contributed by atoms with van der Waals surface area (Å²) in [7, 11) is 1.47. The molecule has 0 heterocycles. The number of methoxy groups -OCH3 is 1. The van der Waals surface area contributed by atoms with Crippen molar-refractivity contribution in [3.63, 3.8) is 0 Å². The Morgan fingerprint density at radius 2 is 1.90 bits per heavy atom. The molecule has 0 bridgehead atoms. The molecular weight excluding hydrogens is 272 g/mol. The number of hydrogen-bond acceptors (Lipinski definition) is 5. The molecule has 0 N–H and O–H groups in total. The molecule has 1 aromatic carbocycles. The number of esters is 2. The maximum absolute atomic E-state index is 11.6. The summed E-state index contributed by atoms with van der Waals surface area (Å²) in [5.41, 5.74) is 0.682. The van der Waals surface area contributed by atoms with Crippen LogP contribution in [0.5, 0.6) is 11.5 Å². The molecule has 0 radical (unpaired) electrons. The minimum Gasteiger partial charge on any atom is -0.493 e. The Morgan fingerprint density at radius 1 is 1.24 bits per heavy atom. The van der Waals surface area contributed by atoms with Crippen LogP contribution in [0.1, 0.15) is 32.4 Å². The Hall–Kier alpha value is -2.30. The van der Waals surface area contributed by atoms with Crippen molar-refractivity contribution in [3.8, 4) is 11.5 Å². The lowest BCUT2D eigenvalue weighted by molar-refractivity contribution is -0.144. The van der Waals surface area contributed by atoms with Crippen molar-refractivity contribution >= 4 is 11.9 Å². The van der Waals surface area contributed by atoms with E-state index in [1.165, 1.54) is 20.1 Å². The lowest BCUT2D eigenvalue weighted by atomic mass is 10.1. The number of ether oxygens (including phenoxy) is 3. The zero-order chi connectivity index (χ0) is 16.0. The van der Waals surface area contributed by atoms with E-state index in [0.717, 1.165) is 0 Å². The highest BCUT2D eigenvalue weighted by Crippen LogP contribution is 2.32. The standard InChI is InChI=1S/C16H20O5/c1-6-13(20-11(4)17)12-7-8-14(15(9-12)19-5)21-16(18)10(2)3/h6-10,13H,1H2,2-5H3/t13-/m1/s1. The fourth-order valence-electron chi connectivity index (χ4n) is 1.60. The van der Waals surface area contributed by atoms with Crippen LogP contribution in [0.3, 0.4) is 0 Å². The highest BCUT2D eigenvalue weighted by Gasteiger charge is 2.17. The molecular formula is C16H20O5. The van der Waals surface area contributed by atoms with Gasteiger partial charge in [-0.1, -0.05) is 26.5 Å². The molecule has 5 heteroatoms. The maximum Gasteiger partial charge on any atom is 0.313 e. The van der Waals surface area contributed by atoms with E-state index in [0.29, 0.717) is 17.1 Å². The summed E-state index contributed by atoms with van der Waals surface area (Å²) in [6.07, 6.45) is 0.932. The number of benzene rings is 1. The Kier molecular flexibility index (Phi) is 5.96. The number of carbonyl (C=O) groups excluding carboxylic acids is 2. The average molecular weight is 292 g/mol. The Labute approximate surface area is 124 Å². The normalized spacial score (nSPS) is 11.7. The molecule has 0 saturated heterocycles. The van der Waals surface area contributed by atoms with E-state index < -0.39 is 12.1 Å². The summed E-state index contributed by atoms with van der Waals surface area (Å²) in [6.45, 7) is 8.46. The maximum atomic E-state index is 11.6. The Morgan fingerprint density at radius 3 is 2.38 bits per heavy atom. The zero-order valence-electron chi connectivity index (χ0n) is 12.7. The van der Waals surface area contributed by atoms with Crippen LogP contribution in [0.2, 0.25) is 0 Å². The SMILES string of the molecule is C=C[C@@H](OC(C)=O)c1ccc(OC(=O)C(C)C)c(OC)c1. The predicted molar refractivity (Wildman–Crippen MR) is 78.2 cm³/mol. The average Bonchev–Trinajstić information content (AvgIpc) is 2.44. The van der Waals surface area contributed by atoms with Crippen molar-refractivity contribution in [3.05, 3.63) is 36.4 Å². The molecule has 0 aromatic heterocycles. The summed E-state index contributed by atoms with van der Waals surface area (Å²) in [5.74, 6) is -0.280. The van der Waals surface area contributed by atoms with E-state index in [1.54, 1.807) is 32.0 Å². The second-order valence-electron chi connectivity index (χ2n) is 4.75. The lowest BCUT2D eigenvalue weighted by Crippen LogP contribution is -2.15. The largest absolute Gasteiger partial charge is 0.493 e. The second-order valence-corrected chi connectivity index (χ2v) is 4.75. The van der Waals surface area contributed by atoms with Gasteiger partial charge in [0.25, 0.3) is 0 Å². The zero-order valence-corrected chi connectivity index (χ0v) is 12.7. The minimum atomic E-state index is -0.578. The molecule has 0 aliphatic carbocycles. The first kappa shape index (κ1) is 16.8. The highest BCUT2D eigenvalue weighted by atomic mass is 16.6. The molecule has 0 unspecified atom stereocenters. The molecule has 0 spiro atoms. The van der Waals surface area contributed by atoms with Gasteiger partial charge < -0.3 is 14.2 Å². The fourth-order valence-corrected chi connectivity index (χ4v) is 1.60. The second kappa shape index (κ2) is 7.47. The molecule has 0 amide bonds. The van der Waals surface area contributed by atoms with Gasteiger partial charge in [0.15, 0.2) is 11.5 Å². The Balaban J connectivity index is 3.04. The van der Waals surface area contributed by atoms with Gasteiger partial charge in [0.05, 0.1) is 13.0 Å². The van der Waals surface area contributed by atoms with Crippen molar-refractivity contribution < 1.29 is 23.8 Å². The first-order chi connectivity index (χ1) is 9.88. The van der Waals surface area contributed by atoms with Crippen LogP contribution in [0.15, 0.2) is 30.9 Å². The van der Waals surface area contributed by atoms with Gasteiger partial charge in [0.2, 0.25) is 0 Å². The topological polar surface area (TPSA) is 61.8 Å². The molecule has 0 fully saturated rings. The van der Waals surface area contributed by atoms with Gasteiger partial charge in [-0.15, -0.1) is 0 Å². The predicted octanol–water partition coefficient (Wildman–Crippen LogP) is 3.05. The van der Waals surface area contributed by atoms with Crippen molar-refractivity contribution in [2.75, 3.05) is 7.11 Å². The van der Waals surface area contributed by atoms with Gasteiger partial charge in [-0.3, -0.25) is 9.59 Å². The first-order valence-electron chi connectivity index (χ1n) is 6.58. The van der Waals surface area contributed by atoms with Crippen molar-refractivity contribution in [1.29, 1.82) is 0 Å². The van der Waals surface area contributed by atoms with Gasteiger partial charge >= 0.3 is 11.9 Å². The van der Waals surface area contributed by atoms with Crippen molar-refractivity contribution in [2.45, 2.75) is 26.9 Å². The molecule has 114 valence electrons. The monoisotopic (exact) mass is 292 g/mol. The van der Waals surface area contributed by atoms with Gasteiger partial charge in [0.1, 0.15) is 6.10 Å². The molecule has 0 saturated carbocycles. The molecule has 5 nitrogen and oxygen atoms in total. The summed E-state index contributed by atoms with van der Waals surface area (Å²) < 4.78 is 15.6. The first-order valence-corrected chi connectivity index (χ1v) is 6.58. The molecule has 0 aliphatic rings. The summed E-state index contributed by atoms with van der Waals surface area (Å²) in [4.78, 5) is 22.7. The number of carbonyl (C=O) groups is 2. The summed E-state index contributed by atoms with van der Waals surface area (Å²) >= 11 is 0. The fraction of sp³-hybridized carbons (Fsp3) is 0.375. The third-order valence-corrected chi connectivity index (χ3v) is 2.71. The van der Waals surface area contributed by atoms with Crippen LogP contribution in [0.4, 0.5) is 0 Å². The third-order valence-electron chi connectivity index (χ3n) is 2.71. The van der Waals surface area contributed by atoms with Gasteiger partial charge in [0, 0.05) is 12.5 Å². The van der Waals surface area contributed by atoms with E-state index in [2.05, 4.69) is 6.58 Å². The smallest absolute Gasteiger partial charge is 0.313 e. The molecule has 21 heavy (non-hydrogen) atoms. The quantitative estimate of drug-likeness (QED) is 0.458. The molecule has 0 aliphatic heterocycles. The van der Waals surface area contributed by atoms with Crippen molar-refractivity contribution in [2.24, 2.45) is 5.92 Å². The van der Waals surface area contributed by atoms with E-state index in [-0.39, 0.29) is 11.9 Å². The minimum absolute atomic E-state index is 0.239. The van der Waals surface area contributed by atoms with Gasteiger partial charge in [-0.2, -0.15) is 0 Å².